The van der Waals surface area contributed by atoms with Crippen molar-refractivity contribution in [2.45, 2.75) is 6.42 Å². The minimum absolute atomic E-state index is 0.889. The molecule has 0 heteroatoms. The van der Waals surface area contributed by atoms with Crippen molar-refractivity contribution in [1.29, 1.82) is 0 Å². The zero-order valence-corrected chi connectivity index (χ0v) is 12.0. The van der Waals surface area contributed by atoms with Crippen LogP contribution in [0.2, 0.25) is 0 Å². The van der Waals surface area contributed by atoms with E-state index in [2.05, 4.69) is 85.4 Å². The molecule has 0 spiro atoms. The van der Waals surface area contributed by atoms with Gasteiger partial charge in [-0.3, -0.25) is 0 Å². The molecule has 3 aromatic carbocycles. The van der Waals surface area contributed by atoms with Gasteiger partial charge < -0.3 is 0 Å². The minimum atomic E-state index is 0.889. The summed E-state index contributed by atoms with van der Waals surface area (Å²) in [5, 5.41) is 0. The highest BCUT2D eigenvalue weighted by Crippen LogP contribution is 2.28. The second kappa shape index (κ2) is 6.23. The first kappa shape index (κ1) is 13.4. The van der Waals surface area contributed by atoms with Crippen molar-refractivity contribution < 1.29 is 0 Å². The van der Waals surface area contributed by atoms with Crippen molar-refractivity contribution in [2.75, 3.05) is 0 Å². The molecule has 0 atom stereocenters. The monoisotopic (exact) mass is 270 g/mol. The quantitative estimate of drug-likeness (QED) is 0.529. The van der Waals surface area contributed by atoms with Crippen LogP contribution in [0.1, 0.15) is 5.56 Å². The molecular weight excluding hydrogens is 252 g/mol. The number of hydrogen-bond donors (Lipinski definition) is 0. The molecule has 0 aromatic heterocycles. The molecule has 102 valence electrons. The van der Waals surface area contributed by atoms with Crippen molar-refractivity contribution >= 4 is 0 Å². The van der Waals surface area contributed by atoms with Gasteiger partial charge in [0.25, 0.3) is 0 Å². The Hall–Kier alpha value is -2.60. The predicted octanol–water partition coefficient (Wildman–Crippen LogP) is 5.75. The molecule has 0 aliphatic carbocycles. The van der Waals surface area contributed by atoms with E-state index in [1.807, 2.05) is 6.08 Å². The fourth-order valence-electron chi connectivity index (χ4n) is 2.57. The molecule has 3 aromatic rings. The van der Waals surface area contributed by atoms with Gasteiger partial charge in [0.05, 0.1) is 0 Å². The number of hydrogen-bond acceptors (Lipinski definition) is 0. The molecule has 0 fully saturated rings. The second-order valence-electron chi connectivity index (χ2n) is 5.14. The third-order valence-electron chi connectivity index (χ3n) is 3.59. The highest BCUT2D eigenvalue weighted by Gasteiger charge is 2.04. The summed E-state index contributed by atoms with van der Waals surface area (Å²) in [6.07, 6.45) is 2.85. The zero-order valence-electron chi connectivity index (χ0n) is 12.0. The van der Waals surface area contributed by atoms with Crippen molar-refractivity contribution in [1.82, 2.24) is 0 Å². The van der Waals surface area contributed by atoms with Crippen LogP contribution in [0.5, 0.6) is 0 Å². The Balaban J connectivity index is 2.13. The van der Waals surface area contributed by atoms with Crippen LogP contribution in [0.25, 0.3) is 22.3 Å². The molecule has 3 rings (SSSR count). The summed E-state index contributed by atoms with van der Waals surface area (Å²) in [6.45, 7) is 3.86. The summed E-state index contributed by atoms with van der Waals surface area (Å²) in [5.41, 5.74) is 6.31. The lowest BCUT2D eigenvalue weighted by molar-refractivity contribution is 1.28. The van der Waals surface area contributed by atoms with Crippen LogP contribution < -0.4 is 0 Å². The largest absolute Gasteiger partial charge is 0.103 e. The Morgan fingerprint density at radius 1 is 0.619 bits per heavy atom. The lowest BCUT2D eigenvalue weighted by Gasteiger charge is -2.10. The van der Waals surface area contributed by atoms with Gasteiger partial charge in [0.1, 0.15) is 0 Å². The van der Waals surface area contributed by atoms with Crippen LogP contribution >= 0.6 is 0 Å². The van der Waals surface area contributed by atoms with Crippen molar-refractivity contribution in [3.05, 3.63) is 97.1 Å². The van der Waals surface area contributed by atoms with Gasteiger partial charge in [0, 0.05) is 0 Å². The van der Waals surface area contributed by atoms with Crippen molar-refractivity contribution in [3.63, 3.8) is 0 Å². The molecule has 0 nitrogen and oxygen atoms in total. The van der Waals surface area contributed by atoms with E-state index < -0.39 is 0 Å². The molecule has 0 N–H and O–H groups in total. The molecular formula is C21H18. The Kier molecular flexibility index (Phi) is 3.97. The standard InChI is InChI=1S/C21H18/c1-2-9-17-14-20(18-10-5-3-6-11-18)16-21(15-17)19-12-7-4-8-13-19/h2-8,10-16H,1,9H2. The Labute approximate surface area is 126 Å². The first-order valence-electron chi connectivity index (χ1n) is 7.22. The minimum Gasteiger partial charge on any atom is -0.103 e. The molecule has 0 aliphatic heterocycles. The Morgan fingerprint density at radius 3 is 1.52 bits per heavy atom. The third-order valence-corrected chi connectivity index (χ3v) is 3.59. The molecule has 0 bridgehead atoms. The first-order chi connectivity index (χ1) is 10.4. The highest BCUT2D eigenvalue weighted by molar-refractivity contribution is 5.74. The third kappa shape index (κ3) is 3.11. The van der Waals surface area contributed by atoms with Gasteiger partial charge in [-0.1, -0.05) is 78.9 Å². The molecule has 0 amide bonds. The van der Waals surface area contributed by atoms with Crippen molar-refractivity contribution in [3.8, 4) is 22.3 Å². The van der Waals surface area contributed by atoms with Gasteiger partial charge >= 0.3 is 0 Å². The molecule has 0 radical (unpaired) electrons. The van der Waals surface area contributed by atoms with Crippen LogP contribution in [0.4, 0.5) is 0 Å². The lowest BCUT2D eigenvalue weighted by Crippen LogP contribution is -1.87. The number of benzene rings is 3. The summed E-state index contributed by atoms with van der Waals surface area (Å²) in [7, 11) is 0. The van der Waals surface area contributed by atoms with E-state index in [4.69, 9.17) is 0 Å². The number of rotatable bonds is 4. The average molecular weight is 270 g/mol. The topological polar surface area (TPSA) is 0 Å². The van der Waals surface area contributed by atoms with E-state index in [0.717, 1.165) is 6.42 Å². The summed E-state index contributed by atoms with van der Waals surface area (Å²) in [5.74, 6) is 0. The van der Waals surface area contributed by atoms with Crippen LogP contribution in [0.15, 0.2) is 91.5 Å². The Morgan fingerprint density at radius 2 is 1.10 bits per heavy atom. The van der Waals surface area contributed by atoms with Crippen LogP contribution in [-0.2, 0) is 6.42 Å². The maximum Gasteiger partial charge on any atom is -0.00997 e. The second-order valence-corrected chi connectivity index (χ2v) is 5.14. The van der Waals surface area contributed by atoms with Crippen LogP contribution in [0.3, 0.4) is 0 Å². The van der Waals surface area contributed by atoms with Gasteiger partial charge in [-0.15, -0.1) is 6.58 Å². The maximum atomic E-state index is 3.86. The maximum absolute atomic E-state index is 3.86. The van der Waals surface area contributed by atoms with E-state index in [1.165, 1.54) is 27.8 Å². The molecule has 0 aliphatic rings. The van der Waals surface area contributed by atoms with Crippen molar-refractivity contribution in [2.24, 2.45) is 0 Å². The fraction of sp³-hybridized carbons (Fsp3) is 0.0476. The SMILES string of the molecule is C=CCc1cc(-c2ccccc2)cc(-c2ccccc2)c1. The summed E-state index contributed by atoms with van der Waals surface area (Å²) in [6, 6.07) is 27.8. The van der Waals surface area contributed by atoms with Gasteiger partial charge in [0.2, 0.25) is 0 Å². The van der Waals surface area contributed by atoms with Gasteiger partial charge in [-0.05, 0) is 40.3 Å². The van der Waals surface area contributed by atoms with Gasteiger partial charge in [-0.25, -0.2) is 0 Å². The Bertz CT molecular complexity index is 667. The number of allylic oxidation sites excluding steroid dienone is 1. The fourth-order valence-corrected chi connectivity index (χ4v) is 2.57. The van der Waals surface area contributed by atoms with E-state index in [-0.39, 0.29) is 0 Å². The van der Waals surface area contributed by atoms with E-state index in [1.54, 1.807) is 0 Å². The summed E-state index contributed by atoms with van der Waals surface area (Å²) in [4.78, 5) is 0. The highest BCUT2D eigenvalue weighted by atomic mass is 14.1. The molecule has 0 heterocycles. The molecule has 0 saturated heterocycles. The average Bonchev–Trinajstić information content (AvgIpc) is 2.56. The smallest absolute Gasteiger partial charge is 0.00997 e. The predicted molar refractivity (Wildman–Crippen MR) is 91.2 cm³/mol. The van der Waals surface area contributed by atoms with Crippen LogP contribution in [0, 0.1) is 0 Å². The molecule has 21 heavy (non-hydrogen) atoms. The summed E-state index contributed by atoms with van der Waals surface area (Å²) >= 11 is 0. The lowest BCUT2D eigenvalue weighted by atomic mass is 9.95. The van der Waals surface area contributed by atoms with E-state index in [9.17, 15) is 0 Å². The van der Waals surface area contributed by atoms with Gasteiger partial charge in [0.15, 0.2) is 0 Å². The van der Waals surface area contributed by atoms with E-state index >= 15 is 0 Å². The summed E-state index contributed by atoms with van der Waals surface area (Å²) < 4.78 is 0. The molecule has 0 unspecified atom stereocenters. The van der Waals surface area contributed by atoms with E-state index in [0.29, 0.717) is 0 Å². The van der Waals surface area contributed by atoms with Gasteiger partial charge in [-0.2, -0.15) is 0 Å². The molecule has 0 saturated carbocycles. The first-order valence-corrected chi connectivity index (χ1v) is 7.22. The van der Waals surface area contributed by atoms with Crippen LogP contribution in [-0.4, -0.2) is 0 Å². The normalized spacial score (nSPS) is 10.3. The zero-order chi connectivity index (χ0) is 14.5.